The quantitative estimate of drug-likeness (QED) is 0.371. The van der Waals surface area contributed by atoms with Gasteiger partial charge in [0.25, 0.3) is 0 Å². The van der Waals surface area contributed by atoms with E-state index in [-0.39, 0.29) is 17.2 Å². The summed E-state index contributed by atoms with van der Waals surface area (Å²) in [5, 5.41) is 0. The van der Waals surface area contributed by atoms with Gasteiger partial charge in [-0.1, -0.05) is 63.6 Å². The van der Waals surface area contributed by atoms with E-state index in [9.17, 15) is 13.2 Å². The van der Waals surface area contributed by atoms with Crippen LogP contribution in [0.1, 0.15) is 82.6 Å². The average molecular weight is 419 g/mol. The largest absolute Gasteiger partial charge is 0.494 e. The van der Waals surface area contributed by atoms with Gasteiger partial charge < -0.3 is 4.74 Å². The molecule has 0 atom stereocenters. The summed E-state index contributed by atoms with van der Waals surface area (Å²) in [6.45, 7) is 2.23. The zero-order valence-corrected chi connectivity index (χ0v) is 18.2. The molecule has 0 spiro atoms. The van der Waals surface area contributed by atoms with Crippen LogP contribution in [0.25, 0.3) is 11.1 Å². The van der Waals surface area contributed by atoms with Gasteiger partial charge in [0.1, 0.15) is 0 Å². The first kappa shape index (κ1) is 22.7. The number of hydrogen-bond donors (Lipinski definition) is 0. The van der Waals surface area contributed by atoms with Crippen LogP contribution in [-0.4, -0.2) is 7.11 Å². The molecule has 0 N–H and O–H groups in total. The van der Waals surface area contributed by atoms with Crippen molar-refractivity contribution in [2.75, 3.05) is 7.11 Å². The van der Waals surface area contributed by atoms with Gasteiger partial charge in [0.2, 0.25) is 0 Å². The minimum absolute atomic E-state index is 0.0671. The van der Waals surface area contributed by atoms with Crippen LogP contribution in [0, 0.1) is 23.4 Å². The van der Waals surface area contributed by atoms with Crippen molar-refractivity contribution in [2.24, 2.45) is 5.92 Å². The number of hydrogen-bond acceptors (Lipinski definition) is 1. The lowest BCUT2D eigenvalue weighted by Crippen LogP contribution is -2.15. The maximum absolute atomic E-state index is 14.9. The zero-order chi connectivity index (χ0) is 21.5. The average Bonchev–Trinajstić information content (AvgIpc) is 2.76. The summed E-state index contributed by atoms with van der Waals surface area (Å²) in [5.74, 6) is -1.40. The van der Waals surface area contributed by atoms with Crippen molar-refractivity contribution in [1.29, 1.82) is 0 Å². The molecule has 3 rings (SSSR count). The van der Waals surface area contributed by atoms with E-state index in [0.29, 0.717) is 11.1 Å². The molecule has 0 radical (unpaired) electrons. The number of halogens is 3. The van der Waals surface area contributed by atoms with E-state index in [4.69, 9.17) is 4.74 Å². The Labute approximate surface area is 178 Å². The van der Waals surface area contributed by atoms with Crippen LogP contribution in [0.5, 0.6) is 5.75 Å². The molecule has 0 unspecified atom stereocenters. The second-order valence-electron chi connectivity index (χ2n) is 8.60. The number of rotatable bonds is 9. The summed E-state index contributed by atoms with van der Waals surface area (Å²) in [7, 11) is 1.37. The monoisotopic (exact) mass is 418 g/mol. The van der Waals surface area contributed by atoms with E-state index in [2.05, 4.69) is 6.92 Å². The van der Waals surface area contributed by atoms with Gasteiger partial charge in [-0.05, 0) is 60.8 Å². The first-order valence-corrected chi connectivity index (χ1v) is 11.4. The molecular weight excluding hydrogens is 385 g/mol. The Morgan fingerprint density at radius 2 is 1.60 bits per heavy atom. The van der Waals surface area contributed by atoms with Crippen molar-refractivity contribution in [3.05, 3.63) is 53.3 Å². The summed E-state index contributed by atoms with van der Waals surface area (Å²) in [4.78, 5) is 0. The van der Waals surface area contributed by atoms with E-state index in [1.165, 1.54) is 57.8 Å². The highest BCUT2D eigenvalue weighted by atomic mass is 19.2. The van der Waals surface area contributed by atoms with E-state index in [1.54, 1.807) is 18.2 Å². The number of methoxy groups -OCH3 is 1. The highest BCUT2D eigenvalue weighted by molar-refractivity contribution is 5.66. The normalized spacial score (nSPS) is 19.1. The second kappa shape index (κ2) is 10.9. The smallest absolute Gasteiger partial charge is 0.166 e. The minimum Gasteiger partial charge on any atom is -0.494 e. The molecule has 1 saturated carbocycles. The summed E-state index contributed by atoms with van der Waals surface area (Å²) >= 11 is 0. The van der Waals surface area contributed by atoms with Crippen molar-refractivity contribution >= 4 is 0 Å². The van der Waals surface area contributed by atoms with Gasteiger partial charge in [-0.15, -0.1) is 0 Å². The van der Waals surface area contributed by atoms with Crippen molar-refractivity contribution in [2.45, 2.75) is 77.0 Å². The first-order valence-electron chi connectivity index (χ1n) is 11.4. The van der Waals surface area contributed by atoms with Crippen LogP contribution in [0.4, 0.5) is 13.2 Å². The van der Waals surface area contributed by atoms with Crippen LogP contribution in [-0.2, 0) is 0 Å². The third kappa shape index (κ3) is 5.39. The van der Waals surface area contributed by atoms with Crippen molar-refractivity contribution in [3.63, 3.8) is 0 Å². The number of unbranched alkanes of at least 4 members (excludes halogenated alkanes) is 4. The molecular formula is C26H33F3O. The molecule has 1 aliphatic carbocycles. The Kier molecular flexibility index (Phi) is 8.24. The van der Waals surface area contributed by atoms with Gasteiger partial charge in [0, 0.05) is 5.56 Å². The Morgan fingerprint density at radius 1 is 0.867 bits per heavy atom. The topological polar surface area (TPSA) is 9.23 Å². The fraction of sp³-hybridized carbons (Fsp3) is 0.538. The van der Waals surface area contributed by atoms with Gasteiger partial charge in [-0.3, -0.25) is 0 Å². The zero-order valence-electron chi connectivity index (χ0n) is 18.2. The maximum atomic E-state index is 14.9. The molecule has 1 aliphatic rings. The lowest BCUT2D eigenvalue weighted by Gasteiger charge is -2.29. The van der Waals surface area contributed by atoms with E-state index in [1.807, 2.05) is 0 Å². The fourth-order valence-corrected chi connectivity index (χ4v) is 4.74. The molecule has 4 heteroatoms. The number of ether oxygens (including phenoxy) is 1. The maximum Gasteiger partial charge on any atom is 0.166 e. The van der Waals surface area contributed by atoms with Crippen LogP contribution in [0.3, 0.4) is 0 Å². The Morgan fingerprint density at radius 3 is 2.27 bits per heavy atom. The van der Waals surface area contributed by atoms with Crippen molar-refractivity contribution in [1.82, 2.24) is 0 Å². The lowest BCUT2D eigenvalue weighted by molar-refractivity contribution is 0.297. The standard InChI is InChI=1S/C26H33F3O/c1-3-4-5-6-7-8-18-9-11-19(12-10-18)21-14-15-22(26(29)25(21)28)20-13-16-24(30-2)23(27)17-20/h13-19H,3-12H2,1-2H3. The van der Waals surface area contributed by atoms with Crippen LogP contribution >= 0.6 is 0 Å². The molecule has 1 fully saturated rings. The molecule has 0 heterocycles. The molecule has 0 bridgehead atoms. The predicted molar refractivity (Wildman–Crippen MR) is 116 cm³/mol. The van der Waals surface area contributed by atoms with Gasteiger partial charge in [0.05, 0.1) is 7.11 Å². The van der Waals surface area contributed by atoms with Gasteiger partial charge in [0.15, 0.2) is 23.2 Å². The highest BCUT2D eigenvalue weighted by Crippen LogP contribution is 2.40. The van der Waals surface area contributed by atoms with Gasteiger partial charge in [-0.2, -0.15) is 0 Å². The summed E-state index contributed by atoms with van der Waals surface area (Å²) < 4.78 is 48.6. The predicted octanol–water partition coefficient (Wildman–Crippen LogP) is 8.41. The van der Waals surface area contributed by atoms with Crippen LogP contribution in [0.15, 0.2) is 30.3 Å². The van der Waals surface area contributed by atoms with Crippen LogP contribution in [0.2, 0.25) is 0 Å². The Bertz CT molecular complexity index is 825. The molecule has 0 aromatic heterocycles. The third-order valence-electron chi connectivity index (χ3n) is 6.58. The minimum atomic E-state index is -0.893. The first-order chi connectivity index (χ1) is 14.5. The highest BCUT2D eigenvalue weighted by Gasteiger charge is 2.26. The van der Waals surface area contributed by atoms with Gasteiger partial charge in [-0.25, -0.2) is 13.2 Å². The summed E-state index contributed by atoms with van der Waals surface area (Å²) in [6.07, 6.45) is 11.7. The van der Waals surface area contributed by atoms with Crippen molar-refractivity contribution < 1.29 is 17.9 Å². The SMILES string of the molecule is CCCCCCCC1CCC(c2ccc(-c3ccc(OC)c(F)c3)c(F)c2F)CC1. The molecule has 30 heavy (non-hydrogen) atoms. The fourth-order valence-electron chi connectivity index (χ4n) is 4.74. The van der Waals surface area contributed by atoms with Crippen LogP contribution < -0.4 is 4.74 Å². The van der Waals surface area contributed by atoms with Crippen molar-refractivity contribution in [3.8, 4) is 16.9 Å². The summed E-state index contributed by atoms with van der Waals surface area (Å²) in [5.41, 5.74) is 0.855. The van der Waals surface area contributed by atoms with Gasteiger partial charge >= 0.3 is 0 Å². The van der Waals surface area contributed by atoms with E-state index < -0.39 is 17.5 Å². The number of benzene rings is 2. The molecule has 0 amide bonds. The Balaban J connectivity index is 1.63. The van der Waals surface area contributed by atoms with E-state index in [0.717, 1.165) is 31.6 Å². The molecule has 1 nitrogen and oxygen atoms in total. The molecule has 2 aromatic carbocycles. The molecule has 164 valence electrons. The molecule has 2 aromatic rings. The Hall–Kier alpha value is -1.97. The third-order valence-corrected chi connectivity index (χ3v) is 6.58. The second-order valence-corrected chi connectivity index (χ2v) is 8.60. The summed E-state index contributed by atoms with van der Waals surface area (Å²) in [6, 6.07) is 7.42. The molecule has 0 aliphatic heterocycles. The van der Waals surface area contributed by atoms with E-state index >= 15 is 0 Å². The molecule has 0 saturated heterocycles. The lowest BCUT2D eigenvalue weighted by atomic mass is 9.76.